The monoisotopic (exact) mass is 439 g/mol. The number of piperidine rings is 1. The first-order chi connectivity index (χ1) is 15.5. The van der Waals surface area contributed by atoms with Crippen LogP contribution in [0.4, 0.5) is 0 Å². The van der Waals surface area contributed by atoms with Crippen LogP contribution in [0.1, 0.15) is 61.0 Å². The lowest BCUT2D eigenvalue weighted by atomic mass is 9.66. The van der Waals surface area contributed by atoms with Crippen molar-refractivity contribution in [1.29, 1.82) is 0 Å². The Hall–Kier alpha value is -2.73. The Labute approximate surface area is 190 Å². The Bertz CT molecular complexity index is 961. The molecule has 2 aliphatic rings. The zero-order chi connectivity index (χ0) is 22.7. The molecule has 0 radical (unpaired) electrons. The first kappa shape index (κ1) is 22.5. The maximum atomic E-state index is 13.9. The smallest absolute Gasteiger partial charge is 0.258 e. The lowest BCUT2D eigenvalue weighted by Gasteiger charge is -2.52. The van der Waals surface area contributed by atoms with E-state index in [2.05, 4.69) is 0 Å². The molecule has 6 nitrogen and oxygen atoms in total. The highest BCUT2D eigenvalue weighted by Gasteiger charge is 2.51. The van der Waals surface area contributed by atoms with E-state index in [0.29, 0.717) is 36.6 Å². The Balaban J connectivity index is 1.79. The molecule has 32 heavy (non-hydrogen) atoms. The third-order valence-corrected chi connectivity index (χ3v) is 7.01. The fourth-order valence-electron chi connectivity index (χ4n) is 5.44. The summed E-state index contributed by atoms with van der Waals surface area (Å²) in [5, 5.41) is 11.6. The second-order valence-corrected chi connectivity index (χ2v) is 8.69. The van der Waals surface area contributed by atoms with E-state index in [1.54, 1.807) is 32.4 Å². The van der Waals surface area contributed by atoms with Gasteiger partial charge in [-0.25, -0.2) is 0 Å². The summed E-state index contributed by atoms with van der Waals surface area (Å²) in [7, 11) is 3.15. The Morgan fingerprint density at radius 2 is 1.91 bits per heavy atom. The van der Waals surface area contributed by atoms with E-state index in [0.717, 1.165) is 37.0 Å². The first-order valence-electron chi connectivity index (χ1n) is 11.5. The molecular weight excluding hydrogens is 406 g/mol. The van der Waals surface area contributed by atoms with Gasteiger partial charge in [0.05, 0.1) is 38.0 Å². The number of amides is 1. The van der Waals surface area contributed by atoms with Crippen LogP contribution in [0.25, 0.3) is 0 Å². The second-order valence-electron chi connectivity index (χ2n) is 8.69. The van der Waals surface area contributed by atoms with Crippen molar-refractivity contribution in [2.75, 3.05) is 27.4 Å². The van der Waals surface area contributed by atoms with Crippen LogP contribution in [-0.2, 0) is 0 Å². The number of nitrogens with zero attached hydrogens (tertiary/aromatic N) is 1. The number of carbonyl (C=O) groups is 1. The zero-order valence-corrected chi connectivity index (χ0v) is 19.2. The Morgan fingerprint density at radius 3 is 2.66 bits per heavy atom. The van der Waals surface area contributed by atoms with Crippen molar-refractivity contribution in [3.8, 4) is 17.2 Å². The van der Waals surface area contributed by atoms with Crippen LogP contribution in [0.3, 0.4) is 0 Å². The molecule has 1 saturated carbocycles. The molecule has 1 aliphatic carbocycles. The van der Waals surface area contributed by atoms with Crippen molar-refractivity contribution in [3.05, 3.63) is 53.6 Å². The molecule has 0 spiro atoms. The highest BCUT2D eigenvalue weighted by atomic mass is 16.5. The maximum absolute atomic E-state index is 13.9. The lowest BCUT2D eigenvalue weighted by Crippen LogP contribution is -2.56. The van der Waals surface area contributed by atoms with E-state index < -0.39 is 5.60 Å². The largest absolute Gasteiger partial charge is 0.497 e. The third-order valence-electron chi connectivity index (χ3n) is 7.01. The molecule has 2 aromatic rings. The number of likely N-dealkylation sites (tertiary alicyclic amines) is 1. The SMILES string of the molecule is CCOc1ccccc1[C@@H]1[C@H]2CCCC[C@]2(O)CCN1C(=O)c1ccc(OC)cc1OC. The molecule has 1 N–H and O–H groups in total. The van der Waals surface area contributed by atoms with Crippen LogP contribution >= 0.6 is 0 Å². The highest BCUT2D eigenvalue weighted by Crippen LogP contribution is 2.51. The number of hydrogen-bond acceptors (Lipinski definition) is 5. The third kappa shape index (κ3) is 4.04. The van der Waals surface area contributed by atoms with Crippen LogP contribution in [-0.4, -0.2) is 48.9 Å². The molecule has 2 aromatic carbocycles. The number of rotatable bonds is 6. The minimum Gasteiger partial charge on any atom is -0.497 e. The van der Waals surface area contributed by atoms with Crippen LogP contribution in [0, 0.1) is 5.92 Å². The number of fused-ring (bicyclic) bond motifs is 1. The topological polar surface area (TPSA) is 68.2 Å². The average molecular weight is 440 g/mol. The van der Waals surface area contributed by atoms with Crippen molar-refractivity contribution < 1.29 is 24.1 Å². The molecule has 0 unspecified atom stereocenters. The van der Waals surface area contributed by atoms with Gasteiger partial charge in [0.15, 0.2) is 0 Å². The van der Waals surface area contributed by atoms with Gasteiger partial charge < -0.3 is 24.2 Å². The number of hydrogen-bond donors (Lipinski definition) is 1. The average Bonchev–Trinajstić information content (AvgIpc) is 2.82. The fourth-order valence-corrected chi connectivity index (χ4v) is 5.44. The van der Waals surface area contributed by atoms with E-state index in [-0.39, 0.29) is 17.9 Å². The highest BCUT2D eigenvalue weighted by molar-refractivity contribution is 5.97. The first-order valence-corrected chi connectivity index (χ1v) is 11.5. The van der Waals surface area contributed by atoms with Crippen LogP contribution in [0.5, 0.6) is 17.2 Å². The Morgan fingerprint density at radius 1 is 1.09 bits per heavy atom. The number of ether oxygens (including phenoxy) is 3. The summed E-state index contributed by atoms with van der Waals surface area (Å²) in [6, 6.07) is 12.9. The molecule has 1 amide bonds. The molecule has 0 bridgehead atoms. The molecule has 1 heterocycles. The number of benzene rings is 2. The van der Waals surface area contributed by atoms with Crippen LogP contribution in [0.15, 0.2) is 42.5 Å². The van der Waals surface area contributed by atoms with Crippen LogP contribution < -0.4 is 14.2 Å². The van der Waals surface area contributed by atoms with Gasteiger partial charge in [0.2, 0.25) is 0 Å². The van der Waals surface area contributed by atoms with Crippen LogP contribution in [0.2, 0.25) is 0 Å². The van der Waals surface area contributed by atoms with Gasteiger partial charge in [0.25, 0.3) is 5.91 Å². The molecular formula is C26H33NO5. The molecule has 1 aliphatic heterocycles. The molecule has 0 aromatic heterocycles. The van der Waals surface area contributed by atoms with Gasteiger partial charge in [-0.15, -0.1) is 0 Å². The minimum atomic E-state index is -0.761. The van der Waals surface area contributed by atoms with Crippen molar-refractivity contribution in [2.24, 2.45) is 5.92 Å². The van der Waals surface area contributed by atoms with E-state index in [9.17, 15) is 9.90 Å². The van der Waals surface area contributed by atoms with Gasteiger partial charge in [-0.3, -0.25) is 4.79 Å². The standard InChI is InChI=1S/C26H33NO5/c1-4-32-22-11-6-5-9-19(22)24-21-10-7-8-14-26(21,29)15-16-27(24)25(28)20-13-12-18(30-2)17-23(20)31-3/h5-6,9,11-13,17,21,24,29H,4,7-8,10,14-16H2,1-3H3/t21-,24-,26+/m1/s1. The Kier molecular flexibility index (Phi) is 6.60. The molecule has 172 valence electrons. The van der Waals surface area contributed by atoms with E-state index >= 15 is 0 Å². The van der Waals surface area contributed by atoms with E-state index in [4.69, 9.17) is 14.2 Å². The van der Waals surface area contributed by atoms with Gasteiger partial charge >= 0.3 is 0 Å². The van der Waals surface area contributed by atoms with Crippen molar-refractivity contribution in [1.82, 2.24) is 4.90 Å². The van der Waals surface area contributed by atoms with Gasteiger partial charge in [-0.2, -0.15) is 0 Å². The van der Waals surface area contributed by atoms with Gasteiger partial charge in [0, 0.05) is 24.1 Å². The van der Waals surface area contributed by atoms with Gasteiger partial charge in [0.1, 0.15) is 17.2 Å². The van der Waals surface area contributed by atoms with Gasteiger partial charge in [-0.05, 0) is 44.4 Å². The van der Waals surface area contributed by atoms with E-state index in [1.807, 2.05) is 36.1 Å². The molecule has 2 fully saturated rings. The van der Waals surface area contributed by atoms with Crippen molar-refractivity contribution in [2.45, 2.75) is 50.7 Å². The predicted octanol–water partition coefficient (Wildman–Crippen LogP) is 4.61. The van der Waals surface area contributed by atoms with Crippen molar-refractivity contribution in [3.63, 3.8) is 0 Å². The molecule has 4 rings (SSSR count). The predicted molar refractivity (Wildman–Crippen MR) is 122 cm³/mol. The number of aliphatic hydroxyl groups is 1. The summed E-state index contributed by atoms with van der Waals surface area (Å²) < 4.78 is 16.8. The number of carbonyl (C=O) groups excluding carboxylic acids is 1. The fraction of sp³-hybridized carbons (Fsp3) is 0.500. The molecule has 6 heteroatoms. The van der Waals surface area contributed by atoms with E-state index in [1.165, 1.54) is 0 Å². The van der Waals surface area contributed by atoms with Crippen molar-refractivity contribution >= 4 is 5.91 Å². The minimum absolute atomic E-state index is 0.0419. The summed E-state index contributed by atoms with van der Waals surface area (Å²) in [5.41, 5.74) is 0.692. The lowest BCUT2D eigenvalue weighted by molar-refractivity contribution is -0.115. The second kappa shape index (κ2) is 9.41. The van der Waals surface area contributed by atoms with Gasteiger partial charge in [-0.1, -0.05) is 31.0 Å². The maximum Gasteiger partial charge on any atom is 0.258 e. The normalized spacial score (nSPS) is 25.1. The number of methoxy groups -OCH3 is 2. The quantitative estimate of drug-likeness (QED) is 0.712. The summed E-state index contributed by atoms with van der Waals surface area (Å²) in [6.07, 6.45) is 4.31. The zero-order valence-electron chi connectivity index (χ0n) is 19.2. The molecule has 3 atom stereocenters. The summed E-state index contributed by atoms with van der Waals surface area (Å²) in [5.74, 6) is 1.75. The summed E-state index contributed by atoms with van der Waals surface area (Å²) >= 11 is 0. The number of para-hydroxylation sites is 1. The summed E-state index contributed by atoms with van der Waals surface area (Å²) in [6.45, 7) is 2.98. The summed E-state index contributed by atoms with van der Waals surface area (Å²) in [4.78, 5) is 15.8. The molecule has 1 saturated heterocycles.